The lowest BCUT2D eigenvalue weighted by atomic mass is 9.78. The number of nitrogens with zero attached hydrogens (tertiary/aromatic N) is 1. The van der Waals surface area contributed by atoms with E-state index in [4.69, 9.17) is 5.11 Å². The maximum Gasteiger partial charge on any atom is 0.407 e. The normalized spacial score (nSPS) is 25.2. The zero-order valence-corrected chi connectivity index (χ0v) is 7.25. The van der Waals surface area contributed by atoms with Crippen LogP contribution in [0, 0.1) is 0 Å². The molecule has 0 aromatic carbocycles. The summed E-state index contributed by atoms with van der Waals surface area (Å²) >= 11 is 0. The Morgan fingerprint density at radius 3 is 2.38 bits per heavy atom. The maximum absolute atomic E-state index is 10.7. The molecule has 2 N–H and O–H groups in total. The Hall–Kier alpha value is -1.26. The zero-order valence-electron chi connectivity index (χ0n) is 7.25. The lowest BCUT2D eigenvalue weighted by molar-refractivity contribution is -0.134. The van der Waals surface area contributed by atoms with Gasteiger partial charge in [0.2, 0.25) is 5.91 Å². The second-order valence-electron chi connectivity index (χ2n) is 3.77. The van der Waals surface area contributed by atoms with Crippen molar-refractivity contribution in [2.45, 2.75) is 24.8 Å². The van der Waals surface area contributed by atoms with Gasteiger partial charge >= 0.3 is 6.09 Å². The smallest absolute Gasteiger partial charge is 0.407 e. The SMILES string of the molecule is O=C1CC2(CCN(C(=O)O)CC2)N1. The predicted molar refractivity (Wildman–Crippen MR) is 44.3 cm³/mol. The lowest BCUT2D eigenvalue weighted by Crippen LogP contribution is -2.65. The topological polar surface area (TPSA) is 69.6 Å². The zero-order chi connectivity index (χ0) is 9.47. The van der Waals surface area contributed by atoms with Gasteiger partial charge in [0.15, 0.2) is 0 Å². The van der Waals surface area contributed by atoms with Gasteiger partial charge in [-0.05, 0) is 12.8 Å². The fourth-order valence-corrected chi connectivity index (χ4v) is 2.01. The van der Waals surface area contributed by atoms with Crippen LogP contribution in [0.1, 0.15) is 19.3 Å². The first-order valence-electron chi connectivity index (χ1n) is 4.40. The van der Waals surface area contributed by atoms with E-state index in [9.17, 15) is 9.59 Å². The second-order valence-corrected chi connectivity index (χ2v) is 3.77. The minimum atomic E-state index is -0.861. The Kier molecular flexibility index (Phi) is 1.68. The highest BCUT2D eigenvalue weighted by molar-refractivity contribution is 5.84. The molecule has 0 radical (unpaired) electrons. The summed E-state index contributed by atoms with van der Waals surface area (Å²) in [5.41, 5.74) is -0.0664. The lowest BCUT2D eigenvalue weighted by Gasteiger charge is -2.47. The molecular formula is C8H12N2O3. The highest BCUT2D eigenvalue weighted by Crippen LogP contribution is 2.31. The number of carbonyl (C=O) groups excluding carboxylic acids is 1. The van der Waals surface area contributed by atoms with Crippen molar-refractivity contribution < 1.29 is 14.7 Å². The van der Waals surface area contributed by atoms with Gasteiger partial charge in [0.25, 0.3) is 0 Å². The summed E-state index contributed by atoms with van der Waals surface area (Å²) in [4.78, 5) is 22.7. The number of carboxylic acid groups (broad SMARTS) is 1. The van der Waals surface area contributed by atoms with Crippen LogP contribution in [0.4, 0.5) is 4.79 Å². The Morgan fingerprint density at radius 2 is 2.00 bits per heavy atom. The highest BCUT2D eigenvalue weighted by atomic mass is 16.4. The molecule has 0 saturated carbocycles. The molecule has 2 rings (SSSR count). The van der Waals surface area contributed by atoms with Crippen molar-refractivity contribution in [2.75, 3.05) is 13.1 Å². The van der Waals surface area contributed by atoms with E-state index >= 15 is 0 Å². The summed E-state index contributed by atoms with van der Waals surface area (Å²) in [6.45, 7) is 1.07. The molecule has 0 aromatic rings. The minimum Gasteiger partial charge on any atom is -0.465 e. The van der Waals surface area contributed by atoms with Crippen LogP contribution in [0.5, 0.6) is 0 Å². The molecule has 0 atom stereocenters. The largest absolute Gasteiger partial charge is 0.465 e. The number of likely N-dealkylation sites (tertiary alicyclic amines) is 1. The first-order valence-corrected chi connectivity index (χ1v) is 4.40. The van der Waals surface area contributed by atoms with E-state index in [1.165, 1.54) is 4.90 Å². The van der Waals surface area contributed by atoms with E-state index in [0.717, 1.165) is 12.8 Å². The van der Waals surface area contributed by atoms with E-state index in [-0.39, 0.29) is 11.4 Å². The Morgan fingerprint density at radius 1 is 1.46 bits per heavy atom. The summed E-state index contributed by atoms with van der Waals surface area (Å²) in [6.07, 6.45) is 1.22. The number of amides is 2. The van der Waals surface area contributed by atoms with E-state index in [1.54, 1.807) is 0 Å². The molecule has 2 aliphatic rings. The van der Waals surface area contributed by atoms with E-state index < -0.39 is 6.09 Å². The monoisotopic (exact) mass is 184 g/mol. The molecule has 72 valence electrons. The molecule has 5 nitrogen and oxygen atoms in total. The van der Waals surface area contributed by atoms with Crippen molar-refractivity contribution in [3.8, 4) is 0 Å². The van der Waals surface area contributed by atoms with Crippen LogP contribution in [0.3, 0.4) is 0 Å². The quantitative estimate of drug-likeness (QED) is 0.521. The fourth-order valence-electron chi connectivity index (χ4n) is 2.01. The van der Waals surface area contributed by atoms with Crippen molar-refractivity contribution in [2.24, 2.45) is 0 Å². The average molecular weight is 184 g/mol. The Bertz CT molecular complexity index is 246. The van der Waals surface area contributed by atoms with Gasteiger partial charge in [0.1, 0.15) is 0 Å². The molecule has 13 heavy (non-hydrogen) atoms. The molecule has 2 aliphatic heterocycles. The number of hydrogen-bond donors (Lipinski definition) is 2. The number of rotatable bonds is 0. The number of nitrogens with one attached hydrogen (secondary N) is 1. The average Bonchev–Trinajstić information content (AvgIpc) is 2.03. The van der Waals surface area contributed by atoms with Crippen molar-refractivity contribution in [1.82, 2.24) is 10.2 Å². The van der Waals surface area contributed by atoms with Crippen LogP contribution in [0.25, 0.3) is 0 Å². The predicted octanol–water partition coefficient (Wildman–Crippen LogP) is 0.0189. The van der Waals surface area contributed by atoms with E-state index in [0.29, 0.717) is 19.5 Å². The van der Waals surface area contributed by atoms with Crippen LogP contribution >= 0.6 is 0 Å². The summed E-state index contributed by atoms with van der Waals surface area (Å²) in [6, 6.07) is 0. The number of carbonyl (C=O) groups is 2. The molecule has 1 spiro atoms. The third kappa shape index (κ3) is 1.34. The van der Waals surface area contributed by atoms with Crippen molar-refractivity contribution in [3.63, 3.8) is 0 Å². The summed E-state index contributed by atoms with van der Waals surface area (Å²) in [7, 11) is 0. The standard InChI is InChI=1S/C8H12N2O3/c11-6-5-8(9-6)1-3-10(4-2-8)7(12)13/h1-5H2,(H,9,11)(H,12,13). The van der Waals surface area contributed by atoms with Gasteiger partial charge in [-0.3, -0.25) is 4.79 Å². The summed E-state index contributed by atoms with van der Waals surface area (Å²) < 4.78 is 0. The Balaban J connectivity index is 1.90. The molecule has 2 fully saturated rings. The van der Waals surface area contributed by atoms with Gasteiger partial charge in [-0.25, -0.2) is 4.79 Å². The number of hydrogen-bond acceptors (Lipinski definition) is 2. The number of piperidine rings is 1. The first-order chi connectivity index (χ1) is 6.11. The highest BCUT2D eigenvalue weighted by Gasteiger charge is 2.45. The van der Waals surface area contributed by atoms with Gasteiger partial charge in [-0.2, -0.15) is 0 Å². The fraction of sp³-hybridized carbons (Fsp3) is 0.750. The van der Waals surface area contributed by atoms with Crippen molar-refractivity contribution >= 4 is 12.0 Å². The van der Waals surface area contributed by atoms with Gasteiger partial charge in [-0.15, -0.1) is 0 Å². The molecule has 0 aromatic heterocycles. The minimum absolute atomic E-state index is 0.0664. The molecule has 2 saturated heterocycles. The molecule has 0 aliphatic carbocycles. The van der Waals surface area contributed by atoms with E-state index in [2.05, 4.69) is 5.32 Å². The van der Waals surface area contributed by atoms with Gasteiger partial charge in [-0.1, -0.05) is 0 Å². The van der Waals surface area contributed by atoms with Crippen LogP contribution in [0.2, 0.25) is 0 Å². The molecule has 0 unspecified atom stereocenters. The van der Waals surface area contributed by atoms with Crippen LogP contribution in [-0.4, -0.2) is 40.6 Å². The molecule has 2 amide bonds. The molecule has 0 bridgehead atoms. The summed E-state index contributed by atoms with van der Waals surface area (Å²) in [5, 5.41) is 11.5. The third-order valence-electron chi connectivity index (χ3n) is 2.89. The van der Waals surface area contributed by atoms with Crippen LogP contribution in [0.15, 0.2) is 0 Å². The van der Waals surface area contributed by atoms with Crippen LogP contribution < -0.4 is 5.32 Å². The van der Waals surface area contributed by atoms with Crippen LogP contribution in [-0.2, 0) is 4.79 Å². The van der Waals surface area contributed by atoms with Crippen molar-refractivity contribution in [3.05, 3.63) is 0 Å². The molecular weight excluding hydrogens is 172 g/mol. The molecule has 2 heterocycles. The van der Waals surface area contributed by atoms with Crippen molar-refractivity contribution in [1.29, 1.82) is 0 Å². The summed E-state index contributed by atoms with van der Waals surface area (Å²) in [5.74, 6) is 0.0868. The second kappa shape index (κ2) is 2.61. The van der Waals surface area contributed by atoms with Gasteiger partial charge in [0, 0.05) is 19.5 Å². The van der Waals surface area contributed by atoms with E-state index in [1.807, 2.05) is 0 Å². The van der Waals surface area contributed by atoms with Gasteiger partial charge < -0.3 is 15.3 Å². The third-order valence-corrected chi connectivity index (χ3v) is 2.89. The maximum atomic E-state index is 10.7. The molecule has 5 heteroatoms. The first kappa shape index (κ1) is 8.34. The van der Waals surface area contributed by atoms with Gasteiger partial charge in [0.05, 0.1) is 5.54 Å². The number of β-lactam (4-membered cyclic amide) rings is 1. The Labute approximate surface area is 75.7 Å².